The quantitative estimate of drug-likeness (QED) is 0.221. The van der Waals surface area contributed by atoms with Crippen LogP contribution in [0.15, 0.2) is 97.2 Å². The summed E-state index contributed by atoms with van der Waals surface area (Å²) in [6.45, 7) is 6.20. The number of para-hydroxylation sites is 1. The standard InChI is InChI=1S/C34H25N5O/c1-20-9-6-13-28-31-21(2)17-25(19-30(31)39-34(32(20)28)36-22(3)37-39)40-24-11-7-10-23(18-24)38-29-15-5-4-12-26(29)27-14-8-16-35-33(27)38/h4-19H,1-3H3. The Morgan fingerprint density at radius 3 is 2.38 bits per heavy atom. The zero-order chi connectivity index (χ0) is 27.0. The van der Waals surface area contributed by atoms with Crippen molar-refractivity contribution in [2.75, 3.05) is 0 Å². The molecule has 0 saturated heterocycles. The summed E-state index contributed by atoms with van der Waals surface area (Å²) in [5, 5.41) is 10.6. The maximum absolute atomic E-state index is 6.53. The summed E-state index contributed by atoms with van der Waals surface area (Å²) < 4.78 is 10.7. The van der Waals surface area contributed by atoms with Crippen LogP contribution in [0, 0.1) is 20.8 Å². The van der Waals surface area contributed by atoms with Gasteiger partial charge in [-0.2, -0.15) is 5.10 Å². The number of benzene rings is 4. The Balaban J connectivity index is 1.30. The lowest BCUT2D eigenvalue weighted by molar-refractivity contribution is 0.482. The summed E-state index contributed by atoms with van der Waals surface area (Å²) in [5.41, 5.74) is 7.20. The minimum atomic E-state index is 0.744. The molecule has 4 aromatic heterocycles. The van der Waals surface area contributed by atoms with Crippen LogP contribution in [0.5, 0.6) is 11.5 Å². The van der Waals surface area contributed by atoms with Gasteiger partial charge in [-0.05, 0) is 73.7 Å². The molecule has 0 unspecified atom stereocenters. The Labute approximate surface area is 230 Å². The molecule has 0 aliphatic carbocycles. The average molecular weight is 520 g/mol. The van der Waals surface area contributed by atoms with Crippen molar-refractivity contribution >= 4 is 49.3 Å². The second-order valence-electron chi connectivity index (χ2n) is 10.4. The second kappa shape index (κ2) is 8.38. The monoisotopic (exact) mass is 519 g/mol. The molecule has 0 saturated carbocycles. The summed E-state index contributed by atoms with van der Waals surface area (Å²) in [6, 6.07) is 31.3. The lowest BCUT2D eigenvalue weighted by atomic mass is 9.99. The third-order valence-corrected chi connectivity index (χ3v) is 7.74. The number of rotatable bonds is 3. The van der Waals surface area contributed by atoms with Gasteiger partial charge in [0.05, 0.1) is 16.7 Å². The molecule has 0 atom stereocenters. The van der Waals surface area contributed by atoms with E-state index < -0.39 is 0 Å². The van der Waals surface area contributed by atoms with Crippen LogP contribution in [0.3, 0.4) is 0 Å². The molecular formula is C34H25N5O. The number of aromatic nitrogens is 5. The number of hydrogen-bond acceptors (Lipinski definition) is 4. The zero-order valence-electron chi connectivity index (χ0n) is 22.4. The number of aryl methyl sites for hydroxylation is 3. The Hall–Kier alpha value is -5.23. The van der Waals surface area contributed by atoms with Crippen molar-refractivity contribution in [2.24, 2.45) is 0 Å². The van der Waals surface area contributed by atoms with Crippen molar-refractivity contribution in [3.05, 3.63) is 114 Å². The number of pyridine rings is 2. The van der Waals surface area contributed by atoms with E-state index in [2.05, 4.69) is 91.2 Å². The summed E-state index contributed by atoms with van der Waals surface area (Å²) in [4.78, 5) is 9.51. The molecule has 4 aromatic carbocycles. The van der Waals surface area contributed by atoms with Gasteiger partial charge >= 0.3 is 0 Å². The minimum Gasteiger partial charge on any atom is -0.457 e. The average Bonchev–Trinajstić information content (AvgIpc) is 3.51. The Morgan fingerprint density at radius 2 is 1.45 bits per heavy atom. The zero-order valence-corrected chi connectivity index (χ0v) is 22.4. The normalized spacial score (nSPS) is 11.9. The summed E-state index contributed by atoms with van der Waals surface area (Å²) >= 11 is 0. The van der Waals surface area contributed by atoms with Gasteiger partial charge in [0.1, 0.15) is 23.0 Å². The number of ether oxygens (including phenoxy) is 1. The molecular weight excluding hydrogens is 494 g/mol. The van der Waals surface area contributed by atoms with Gasteiger partial charge in [-0.1, -0.05) is 42.5 Å². The van der Waals surface area contributed by atoms with E-state index in [1.165, 1.54) is 16.3 Å². The van der Waals surface area contributed by atoms with E-state index in [0.29, 0.717) is 0 Å². The van der Waals surface area contributed by atoms with E-state index in [9.17, 15) is 0 Å². The van der Waals surface area contributed by atoms with E-state index in [1.807, 2.05) is 35.8 Å². The Morgan fingerprint density at radius 1 is 0.625 bits per heavy atom. The van der Waals surface area contributed by atoms with Gasteiger partial charge in [0.25, 0.3) is 0 Å². The fraction of sp³-hybridized carbons (Fsp3) is 0.0882. The molecule has 0 bridgehead atoms. The third-order valence-electron chi connectivity index (χ3n) is 7.74. The van der Waals surface area contributed by atoms with Gasteiger partial charge in [0.2, 0.25) is 0 Å². The Bertz CT molecular complexity index is 2240. The maximum Gasteiger partial charge on any atom is 0.164 e. The Kier molecular flexibility index (Phi) is 4.76. The van der Waals surface area contributed by atoms with E-state index >= 15 is 0 Å². The molecule has 40 heavy (non-hydrogen) atoms. The molecule has 0 amide bonds. The molecule has 192 valence electrons. The van der Waals surface area contributed by atoms with Gasteiger partial charge in [-0.15, -0.1) is 0 Å². The van der Waals surface area contributed by atoms with Gasteiger partial charge < -0.3 is 4.74 Å². The first kappa shape index (κ1) is 22.7. The van der Waals surface area contributed by atoms with E-state index in [-0.39, 0.29) is 0 Å². The molecule has 0 fully saturated rings. The molecule has 0 spiro atoms. The van der Waals surface area contributed by atoms with Crippen LogP contribution in [0.4, 0.5) is 0 Å². The van der Waals surface area contributed by atoms with Crippen molar-refractivity contribution in [1.29, 1.82) is 0 Å². The highest BCUT2D eigenvalue weighted by Gasteiger charge is 2.17. The first-order chi connectivity index (χ1) is 19.6. The van der Waals surface area contributed by atoms with Crippen molar-refractivity contribution in [3.8, 4) is 17.2 Å². The molecule has 8 aromatic rings. The van der Waals surface area contributed by atoms with E-state index in [0.717, 1.165) is 67.1 Å². The molecule has 6 heteroatoms. The number of nitrogens with zero attached hydrogens (tertiary/aromatic N) is 5. The largest absolute Gasteiger partial charge is 0.457 e. The summed E-state index contributed by atoms with van der Waals surface area (Å²) in [6.07, 6.45) is 1.84. The first-order valence-electron chi connectivity index (χ1n) is 13.4. The minimum absolute atomic E-state index is 0.744. The smallest absolute Gasteiger partial charge is 0.164 e. The topological polar surface area (TPSA) is 57.2 Å². The van der Waals surface area contributed by atoms with Crippen molar-refractivity contribution in [3.63, 3.8) is 0 Å². The predicted octanol–water partition coefficient (Wildman–Crippen LogP) is 8.25. The lowest BCUT2D eigenvalue weighted by Gasteiger charge is -2.14. The second-order valence-corrected chi connectivity index (χ2v) is 10.4. The van der Waals surface area contributed by atoms with Crippen LogP contribution in [0.25, 0.3) is 54.9 Å². The number of hydrogen-bond donors (Lipinski definition) is 0. The first-order valence-corrected chi connectivity index (χ1v) is 13.4. The fourth-order valence-electron chi connectivity index (χ4n) is 6.11. The van der Waals surface area contributed by atoms with Crippen LogP contribution in [0.2, 0.25) is 0 Å². The van der Waals surface area contributed by atoms with Crippen LogP contribution in [-0.2, 0) is 0 Å². The summed E-state index contributed by atoms with van der Waals surface area (Å²) in [7, 11) is 0. The highest BCUT2D eigenvalue weighted by Crippen LogP contribution is 2.37. The van der Waals surface area contributed by atoms with Crippen LogP contribution < -0.4 is 4.74 Å². The van der Waals surface area contributed by atoms with Crippen LogP contribution in [-0.4, -0.2) is 24.1 Å². The maximum atomic E-state index is 6.53. The van der Waals surface area contributed by atoms with Gasteiger partial charge in [0, 0.05) is 39.9 Å². The number of fused-ring (bicyclic) bond motifs is 9. The molecule has 0 aliphatic heterocycles. The van der Waals surface area contributed by atoms with Gasteiger partial charge in [-0.3, -0.25) is 4.57 Å². The molecule has 4 heterocycles. The predicted molar refractivity (Wildman–Crippen MR) is 161 cm³/mol. The molecule has 6 nitrogen and oxygen atoms in total. The SMILES string of the molecule is Cc1nc2c3c(C)cccc3c3c(C)cc(Oc4cccc(-n5c6ccccc6c6cccnc65)c4)cc3n2n1. The van der Waals surface area contributed by atoms with E-state index in [1.54, 1.807) is 0 Å². The van der Waals surface area contributed by atoms with Crippen molar-refractivity contribution < 1.29 is 4.74 Å². The molecule has 0 radical (unpaired) electrons. The van der Waals surface area contributed by atoms with Crippen molar-refractivity contribution in [1.82, 2.24) is 24.1 Å². The highest BCUT2D eigenvalue weighted by molar-refractivity contribution is 6.14. The van der Waals surface area contributed by atoms with Crippen LogP contribution >= 0.6 is 0 Å². The third kappa shape index (κ3) is 3.26. The van der Waals surface area contributed by atoms with Gasteiger partial charge in [-0.25, -0.2) is 14.5 Å². The molecule has 0 aliphatic rings. The summed E-state index contributed by atoms with van der Waals surface area (Å²) in [5.74, 6) is 2.25. The molecule has 8 rings (SSSR count). The van der Waals surface area contributed by atoms with Crippen LogP contribution in [0.1, 0.15) is 17.0 Å². The fourth-order valence-corrected chi connectivity index (χ4v) is 6.11. The van der Waals surface area contributed by atoms with Crippen molar-refractivity contribution in [2.45, 2.75) is 20.8 Å². The highest BCUT2D eigenvalue weighted by atomic mass is 16.5. The van der Waals surface area contributed by atoms with Gasteiger partial charge in [0.15, 0.2) is 5.65 Å². The lowest BCUT2D eigenvalue weighted by Crippen LogP contribution is -1.98. The van der Waals surface area contributed by atoms with E-state index in [4.69, 9.17) is 19.8 Å². The molecule has 0 N–H and O–H groups in total.